The molecule has 0 aliphatic heterocycles. The smallest absolute Gasteiger partial charge is 0.257 e. The molecule has 0 saturated carbocycles. The summed E-state index contributed by atoms with van der Waals surface area (Å²) in [7, 11) is 0. The molecule has 0 bridgehead atoms. The number of hydrogen-bond donors (Lipinski definition) is 1. The minimum Gasteiger partial charge on any atom is -0.484 e. The van der Waals surface area contributed by atoms with Gasteiger partial charge in [0.1, 0.15) is 5.75 Å². The highest BCUT2D eigenvalue weighted by Gasteiger charge is 2.01. The van der Waals surface area contributed by atoms with E-state index in [-0.39, 0.29) is 12.5 Å². The van der Waals surface area contributed by atoms with Crippen LogP contribution in [0.4, 0.5) is 0 Å². The van der Waals surface area contributed by atoms with E-state index in [0.717, 1.165) is 18.6 Å². The van der Waals surface area contributed by atoms with Crippen molar-refractivity contribution in [1.82, 2.24) is 5.32 Å². The third-order valence-electron chi connectivity index (χ3n) is 2.25. The van der Waals surface area contributed by atoms with E-state index < -0.39 is 0 Å². The number of ether oxygens (including phenoxy) is 1. The first-order valence-electron chi connectivity index (χ1n) is 5.74. The molecule has 16 heavy (non-hydrogen) atoms. The maximum Gasteiger partial charge on any atom is 0.257 e. The van der Waals surface area contributed by atoms with Crippen molar-refractivity contribution in [2.75, 3.05) is 13.2 Å². The van der Waals surface area contributed by atoms with Gasteiger partial charge in [-0.05, 0) is 30.5 Å². The van der Waals surface area contributed by atoms with E-state index >= 15 is 0 Å². The van der Waals surface area contributed by atoms with Crippen LogP contribution in [0.5, 0.6) is 5.75 Å². The van der Waals surface area contributed by atoms with Gasteiger partial charge in [0.15, 0.2) is 6.61 Å². The molecule has 0 aliphatic carbocycles. The van der Waals surface area contributed by atoms with Gasteiger partial charge in [-0.15, -0.1) is 0 Å². The molecule has 0 saturated heterocycles. The van der Waals surface area contributed by atoms with E-state index in [9.17, 15) is 4.79 Å². The van der Waals surface area contributed by atoms with Crippen LogP contribution in [0.25, 0.3) is 0 Å². The molecule has 88 valence electrons. The van der Waals surface area contributed by atoms with E-state index in [4.69, 9.17) is 4.74 Å². The minimum atomic E-state index is -0.0660. The molecule has 0 aliphatic rings. The molecule has 1 N–H and O–H groups in total. The van der Waals surface area contributed by atoms with Crippen LogP contribution in [-0.2, 0) is 11.2 Å². The van der Waals surface area contributed by atoms with Gasteiger partial charge in [-0.3, -0.25) is 4.79 Å². The van der Waals surface area contributed by atoms with E-state index in [0.29, 0.717) is 6.54 Å². The summed E-state index contributed by atoms with van der Waals surface area (Å²) in [6, 6.07) is 7.82. The van der Waals surface area contributed by atoms with Crippen LogP contribution in [0.15, 0.2) is 24.3 Å². The molecule has 0 heterocycles. The summed E-state index contributed by atoms with van der Waals surface area (Å²) in [5.74, 6) is 0.690. The zero-order valence-corrected chi connectivity index (χ0v) is 9.95. The Hall–Kier alpha value is -1.51. The average molecular weight is 221 g/mol. The highest BCUT2D eigenvalue weighted by Crippen LogP contribution is 2.13. The fraction of sp³-hybridized carbons (Fsp3) is 0.462. The van der Waals surface area contributed by atoms with Gasteiger partial charge in [-0.25, -0.2) is 0 Å². The van der Waals surface area contributed by atoms with E-state index in [1.807, 2.05) is 31.2 Å². The topological polar surface area (TPSA) is 38.3 Å². The van der Waals surface area contributed by atoms with Crippen molar-refractivity contribution < 1.29 is 9.53 Å². The number of aryl methyl sites for hydroxylation is 1. The second kappa shape index (κ2) is 6.88. The maximum atomic E-state index is 11.3. The van der Waals surface area contributed by atoms with Crippen LogP contribution < -0.4 is 10.1 Å². The monoisotopic (exact) mass is 221 g/mol. The first-order chi connectivity index (χ1) is 7.76. The molecule has 0 aromatic heterocycles. The third kappa shape index (κ3) is 4.34. The Morgan fingerprint density at radius 1 is 1.38 bits per heavy atom. The number of benzene rings is 1. The van der Waals surface area contributed by atoms with Crippen molar-refractivity contribution in [3.05, 3.63) is 29.8 Å². The second-order valence-electron chi connectivity index (χ2n) is 3.64. The Bertz CT molecular complexity index is 336. The lowest BCUT2D eigenvalue weighted by Crippen LogP contribution is -2.29. The first-order valence-corrected chi connectivity index (χ1v) is 5.74. The van der Waals surface area contributed by atoms with Gasteiger partial charge >= 0.3 is 0 Å². The molecule has 0 fully saturated rings. The van der Waals surface area contributed by atoms with Gasteiger partial charge in [0, 0.05) is 6.54 Å². The Morgan fingerprint density at radius 2 is 2.19 bits per heavy atom. The fourth-order valence-electron chi connectivity index (χ4n) is 1.32. The second-order valence-corrected chi connectivity index (χ2v) is 3.64. The van der Waals surface area contributed by atoms with Crippen molar-refractivity contribution >= 4 is 5.91 Å². The predicted molar refractivity (Wildman–Crippen MR) is 64.6 cm³/mol. The quantitative estimate of drug-likeness (QED) is 0.799. The lowest BCUT2D eigenvalue weighted by molar-refractivity contribution is -0.123. The van der Waals surface area contributed by atoms with Crippen molar-refractivity contribution in [3.8, 4) is 5.75 Å². The normalized spacial score (nSPS) is 9.88. The molecule has 1 aromatic carbocycles. The van der Waals surface area contributed by atoms with Crippen molar-refractivity contribution in [1.29, 1.82) is 0 Å². The van der Waals surface area contributed by atoms with Crippen molar-refractivity contribution in [2.24, 2.45) is 0 Å². The minimum absolute atomic E-state index is 0.0660. The SMILES string of the molecule is CCCNC(=O)COc1cccc(CC)c1. The molecule has 0 radical (unpaired) electrons. The van der Waals surface area contributed by atoms with Crippen LogP contribution in [0, 0.1) is 0 Å². The molecule has 1 rings (SSSR count). The summed E-state index contributed by atoms with van der Waals surface area (Å²) in [5.41, 5.74) is 1.21. The van der Waals surface area contributed by atoms with Crippen LogP contribution >= 0.6 is 0 Å². The van der Waals surface area contributed by atoms with Crippen LogP contribution in [-0.4, -0.2) is 19.1 Å². The number of rotatable bonds is 6. The van der Waals surface area contributed by atoms with Gasteiger partial charge in [-0.1, -0.05) is 26.0 Å². The number of amides is 1. The zero-order chi connectivity index (χ0) is 11.8. The molecule has 0 unspecified atom stereocenters. The Balaban J connectivity index is 2.38. The van der Waals surface area contributed by atoms with Gasteiger partial charge in [-0.2, -0.15) is 0 Å². The molecule has 0 spiro atoms. The standard InChI is InChI=1S/C13H19NO2/c1-3-8-14-13(15)10-16-12-7-5-6-11(4-2)9-12/h5-7,9H,3-4,8,10H2,1-2H3,(H,14,15). The Kier molecular flexibility index (Phi) is 5.40. The number of carbonyl (C=O) groups excluding carboxylic acids is 1. The lowest BCUT2D eigenvalue weighted by Gasteiger charge is -2.07. The van der Waals surface area contributed by atoms with E-state index in [2.05, 4.69) is 12.2 Å². The Labute approximate surface area is 96.8 Å². The van der Waals surface area contributed by atoms with E-state index in [1.54, 1.807) is 0 Å². The largest absolute Gasteiger partial charge is 0.484 e. The van der Waals surface area contributed by atoms with Crippen LogP contribution in [0.3, 0.4) is 0 Å². The summed E-state index contributed by atoms with van der Waals surface area (Å²) < 4.78 is 5.40. The molecule has 3 nitrogen and oxygen atoms in total. The summed E-state index contributed by atoms with van der Waals surface area (Å²) >= 11 is 0. The molecular formula is C13H19NO2. The molecular weight excluding hydrogens is 202 g/mol. The third-order valence-corrected chi connectivity index (χ3v) is 2.25. The highest BCUT2D eigenvalue weighted by atomic mass is 16.5. The predicted octanol–water partition coefficient (Wildman–Crippen LogP) is 2.15. The molecule has 1 amide bonds. The van der Waals surface area contributed by atoms with Crippen molar-refractivity contribution in [2.45, 2.75) is 26.7 Å². The summed E-state index contributed by atoms with van der Waals surface area (Å²) in [5, 5.41) is 2.77. The van der Waals surface area contributed by atoms with Gasteiger partial charge in [0.2, 0.25) is 0 Å². The number of carbonyl (C=O) groups is 1. The van der Waals surface area contributed by atoms with Crippen molar-refractivity contribution in [3.63, 3.8) is 0 Å². The lowest BCUT2D eigenvalue weighted by atomic mass is 10.2. The molecule has 0 atom stereocenters. The van der Waals surface area contributed by atoms with Gasteiger partial charge in [0.05, 0.1) is 0 Å². The maximum absolute atomic E-state index is 11.3. The van der Waals surface area contributed by atoms with Crippen LogP contribution in [0.2, 0.25) is 0 Å². The van der Waals surface area contributed by atoms with Gasteiger partial charge in [0.25, 0.3) is 5.91 Å². The van der Waals surface area contributed by atoms with Crippen LogP contribution in [0.1, 0.15) is 25.8 Å². The fourth-order valence-corrected chi connectivity index (χ4v) is 1.32. The summed E-state index contributed by atoms with van der Waals surface area (Å²) in [4.78, 5) is 11.3. The van der Waals surface area contributed by atoms with Gasteiger partial charge < -0.3 is 10.1 Å². The first kappa shape index (κ1) is 12.6. The summed E-state index contributed by atoms with van der Waals surface area (Å²) in [6.45, 7) is 4.91. The summed E-state index contributed by atoms with van der Waals surface area (Å²) in [6.07, 6.45) is 1.91. The zero-order valence-electron chi connectivity index (χ0n) is 9.95. The Morgan fingerprint density at radius 3 is 2.88 bits per heavy atom. The molecule has 1 aromatic rings. The highest BCUT2D eigenvalue weighted by molar-refractivity contribution is 5.77. The van der Waals surface area contributed by atoms with E-state index in [1.165, 1.54) is 5.56 Å². The average Bonchev–Trinajstić information content (AvgIpc) is 2.34. The number of nitrogens with one attached hydrogen (secondary N) is 1. The number of hydrogen-bond acceptors (Lipinski definition) is 2. The molecule has 3 heteroatoms.